The van der Waals surface area contributed by atoms with Crippen LogP contribution in [0, 0.1) is 0 Å². The van der Waals surface area contributed by atoms with Crippen LogP contribution in [0.25, 0.3) is 0 Å². The molecule has 2 unspecified atom stereocenters. The minimum absolute atomic E-state index is 0.175. The van der Waals surface area contributed by atoms with E-state index in [9.17, 15) is 4.79 Å². The molecule has 0 amide bonds. The highest BCUT2D eigenvalue weighted by molar-refractivity contribution is 5.76. The number of ether oxygens (including phenoxy) is 2. The van der Waals surface area contributed by atoms with Gasteiger partial charge in [-0.3, -0.25) is 9.69 Å². The van der Waals surface area contributed by atoms with Crippen LogP contribution >= 0.6 is 0 Å². The molecule has 0 N–H and O–H groups in total. The van der Waals surface area contributed by atoms with Crippen LogP contribution in [-0.4, -0.2) is 36.2 Å². The first-order valence-electron chi connectivity index (χ1n) is 8.34. The smallest absolute Gasteiger partial charge is 0.326 e. The van der Waals surface area contributed by atoms with Gasteiger partial charge in [0.1, 0.15) is 12.6 Å². The number of hydrogen-bond donors (Lipinski definition) is 0. The van der Waals surface area contributed by atoms with Gasteiger partial charge in [-0.2, -0.15) is 0 Å². The molecule has 0 radical (unpaired) electrons. The quantitative estimate of drug-likeness (QED) is 0.792. The van der Waals surface area contributed by atoms with E-state index in [0.29, 0.717) is 13.2 Å². The number of rotatable bonds is 5. The van der Waals surface area contributed by atoms with Gasteiger partial charge in [-0.15, -0.1) is 0 Å². The highest BCUT2D eigenvalue weighted by Gasteiger charge is 2.36. The summed E-state index contributed by atoms with van der Waals surface area (Å²) in [5.41, 5.74) is 2.18. The number of carbonyl (C=O) groups is 1. The van der Waals surface area contributed by atoms with Crippen molar-refractivity contribution < 1.29 is 14.3 Å². The molecule has 0 saturated carbocycles. The molecule has 126 valence electrons. The second-order valence-corrected chi connectivity index (χ2v) is 6.07. The summed E-state index contributed by atoms with van der Waals surface area (Å²) in [5, 5.41) is 0. The Morgan fingerprint density at radius 2 is 1.71 bits per heavy atom. The zero-order chi connectivity index (χ0) is 16.8. The molecule has 1 aliphatic heterocycles. The van der Waals surface area contributed by atoms with Crippen molar-refractivity contribution in [1.29, 1.82) is 0 Å². The molecule has 2 atom stereocenters. The molecule has 0 aromatic heterocycles. The monoisotopic (exact) mass is 325 g/mol. The highest BCUT2D eigenvalue weighted by atomic mass is 16.5. The van der Waals surface area contributed by atoms with E-state index in [-0.39, 0.29) is 18.1 Å². The van der Waals surface area contributed by atoms with Crippen molar-refractivity contribution >= 4 is 5.97 Å². The third-order valence-corrected chi connectivity index (χ3v) is 4.29. The molecule has 24 heavy (non-hydrogen) atoms. The normalized spacial score (nSPS) is 21.4. The maximum absolute atomic E-state index is 12.6. The Kier molecular flexibility index (Phi) is 5.62. The third kappa shape index (κ3) is 4.22. The van der Waals surface area contributed by atoms with E-state index in [2.05, 4.69) is 17.0 Å². The van der Waals surface area contributed by atoms with Crippen LogP contribution in [0.5, 0.6) is 0 Å². The first-order valence-corrected chi connectivity index (χ1v) is 8.34. The van der Waals surface area contributed by atoms with Gasteiger partial charge in [0.2, 0.25) is 0 Å². The molecule has 0 bridgehead atoms. The van der Waals surface area contributed by atoms with Crippen molar-refractivity contribution in [3.63, 3.8) is 0 Å². The molecule has 3 rings (SSSR count). The molecule has 4 heteroatoms. The molecule has 1 heterocycles. The van der Waals surface area contributed by atoms with Crippen LogP contribution in [0.1, 0.15) is 18.1 Å². The Labute approximate surface area is 143 Å². The van der Waals surface area contributed by atoms with Gasteiger partial charge in [-0.25, -0.2) is 0 Å². The van der Waals surface area contributed by atoms with Crippen LogP contribution in [0.15, 0.2) is 60.7 Å². The summed E-state index contributed by atoms with van der Waals surface area (Å²) in [4.78, 5) is 14.8. The molecule has 2 aromatic rings. The van der Waals surface area contributed by atoms with Crippen molar-refractivity contribution in [3.05, 3.63) is 71.8 Å². The van der Waals surface area contributed by atoms with Crippen LogP contribution in [0.4, 0.5) is 0 Å². The van der Waals surface area contributed by atoms with Gasteiger partial charge in [0.25, 0.3) is 0 Å². The maximum atomic E-state index is 12.6. The van der Waals surface area contributed by atoms with E-state index >= 15 is 0 Å². The van der Waals surface area contributed by atoms with E-state index in [1.54, 1.807) is 0 Å². The van der Waals surface area contributed by atoms with E-state index in [4.69, 9.17) is 9.47 Å². The van der Waals surface area contributed by atoms with Gasteiger partial charge in [-0.1, -0.05) is 60.7 Å². The predicted octanol–water partition coefficient (Wildman–Crippen LogP) is 3.02. The Morgan fingerprint density at radius 3 is 2.38 bits per heavy atom. The number of hydrogen-bond acceptors (Lipinski definition) is 4. The van der Waals surface area contributed by atoms with Gasteiger partial charge in [0, 0.05) is 13.1 Å². The Hall–Kier alpha value is -2.17. The van der Waals surface area contributed by atoms with Crippen molar-refractivity contribution in [2.75, 3.05) is 13.2 Å². The Balaban J connectivity index is 1.66. The molecule has 1 aliphatic rings. The zero-order valence-electron chi connectivity index (χ0n) is 13.9. The molecule has 1 fully saturated rings. The van der Waals surface area contributed by atoms with Gasteiger partial charge >= 0.3 is 5.97 Å². The zero-order valence-corrected chi connectivity index (χ0v) is 13.9. The molecule has 0 spiro atoms. The van der Waals surface area contributed by atoms with Gasteiger partial charge < -0.3 is 9.47 Å². The summed E-state index contributed by atoms with van der Waals surface area (Å²) in [6, 6.07) is 19.5. The van der Waals surface area contributed by atoms with Crippen molar-refractivity contribution in [2.24, 2.45) is 0 Å². The standard InChI is InChI=1S/C20H23NO3/c1-16-19(20(22)24-15-18-10-6-3-7-11-18)21(12-13-23-16)14-17-8-4-2-5-9-17/h2-11,16,19H,12-15H2,1H3. The van der Waals surface area contributed by atoms with Crippen LogP contribution in [0.2, 0.25) is 0 Å². The second-order valence-electron chi connectivity index (χ2n) is 6.07. The summed E-state index contributed by atoms with van der Waals surface area (Å²) >= 11 is 0. The molecule has 0 aliphatic carbocycles. The topological polar surface area (TPSA) is 38.8 Å². The lowest BCUT2D eigenvalue weighted by Gasteiger charge is -2.38. The van der Waals surface area contributed by atoms with Crippen LogP contribution < -0.4 is 0 Å². The summed E-state index contributed by atoms with van der Waals surface area (Å²) < 4.78 is 11.2. The lowest BCUT2D eigenvalue weighted by atomic mass is 10.1. The number of nitrogens with zero attached hydrogens (tertiary/aromatic N) is 1. The average molecular weight is 325 g/mol. The molecule has 2 aromatic carbocycles. The van der Waals surface area contributed by atoms with Crippen LogP contribution in [0.3, 0.4) is 0 Å². The summed E-state index contributed by atoms with van der Waals surface area (Å²) in [6.07, 6.45) is -0.175. The lowest BCUT2D eigenvalue weighted by molar-refractivity contribution is -0.164. The summed E-state index contributed by atoms with van der Waals surface area (Å²) in [6.45, 7) is 4.31. The van der Waals surface area contributed by atoms with E-state index < -0.39 is 0 Å². The summed E-state index contributed by atoms with van der Waals surface area (Å²) in [5.74, 6) is -0.220. The minimum Gasteiger partial charge on any atom is -0.460 e. The number of esters is 1. The maximum Gasteiger partial charge on any atom is 0.326 e. The summed E-state index contributed by atoms with van der Waals surface area (Å²) in [7, 11) is 0. The van der Waals surface area contributed by atoms with E-state index in [1.165, 1.54) is 5.56 Å². The van der Waals surface area contributed by atoms with Crippen molar-refractivity contribution in [2.45, 2.75) is 32.2 Å². The second kappa shape index (κ2) is 8.08. The fraction of sp³-hybridized carbons (Fsp3) is 0.350. The minimum atomic E-state index is -0.373. The molecular weight excluding hydrogens is 302 g/mol. The Morgan fingerprint density at radius 1 is 1.08 bits per heavy atom. The van der Waals surface area contributed by atoms with Crippen LogP contribution in [-0.2, 0) is 27.4 Å². The number of morpholine rings is 1. The lowest BCUT2D eigenvalue weighted by Crippen LogP contribution is -2.54. The van der Waals surface area contributed by atoms with Gasteiger partial charge in [0.15, 0.2) is 0 Å². The largest absolute Gasteiger partial charge is 0.460 e. The molecule has 1 saturated heterocycles. The van der Waals surface area contributed by atoms with Gasteiger partial charge in [0.05, 0.1) is 12.7 Å². The number of benzene rings is 2. The third-order valence-electron chi connectivity index (χ3n) is 4.29. The highest BCUT2D eigenvalue weighted by Crippen LogP contribution is 2.19. The number of carbonyl (C=O) groups excluding carboxylic acids is 1. The van der Waals surface area contributed by atoms with Crippen molar-refractivity contribution in [3.8, 4) is 0 Å². The van der Waals surface area contributed by atoms with E-state index in [0.717, 1.165) is 18.7 Å². The average Bonchev–Trinajstić information content (AvgIpc) is 2.62. The fourth-order valence-electron chi connectivity index (χ4n) is 3.03. The predicted molar refractivity (Wildman–Crippen MR) is 92.3 cm³/mol. The molecule has 4 nitrogen and oxygen atoms in total. The first kappa shape index (κ1) is 16.7. The van der Waals surface area contributed by atoms with E-state index in [1.807, 2.05) is 55.5 Å². The van der Waals surface area contributed by atoms with Gasteiger partial charge in [-0.05, 0) is 18.1 Å². The molecular formula is C20H23NO3. The fourth-order valence-corrected chi connectivity index (χ4v) is 3.03. The van der Waals surface area contributed by atoms with Crippen molar-refractivity contribution in [1.82, 2.24) is 4.90 Å². The first-order chi connectivity index (χ1) is 11.7. The Bertz CT molecular complexity index is 644. The SMILES string of the molecule is CC1OCCN(Cc2ccccc2)C1C(=O)OCc1ccccc1.